The Kier molecular flexibility index (Phi) is 3.08. The number of nitrogens with zero attached hydrogens (tertiary/aromatic N) is 2. The van der Waals surface area contributed by atoms with Gasteiger partial charge in [0, 0.05) is 19.0 Å². The summed E-state index contributed by atoms with van der Waals surface area (Å²) in [5, 5.41) is 9.23. The first-order chi connectivity index (χ1) is 6.81. The van der Waals surface area contributed by atoms with Crippen molar-refractivity contribution in [1.82, 2.24) is 4.90 Å². The van der Waals surface area contributed by atoms with Gasteiger partial charge in [0.05, 0.1) is 12.0 Å². The van der Waals surface area contributed by atoms with Gasteiger partial charge in [-0.1, -0.05) is 19.3 Å². The first-order valence-electron chi connectivity index (χ1n) is 5.89. The van der Waals surface area contributed by atoms with Gasteiger partial charge in [-0.05, 0) is 25.8 Å². The van der Waals surface area contributed by atoms with Gasteiger partial charge < -0.3 is 4.90 Å². The molecule has 1 saturated heterocycles. The van der Waals surface area contributed by atoms with E-state index >= 15 is 0 Å². The molecule has 2 heteroatoms. The van der Waals surface area contributed by atoms with Gasteiger partial charge in [0.2, 0.25) is 0 Å². The third kappa shape index (κ3) is 1.93. The summed E-state index contributed by atoms with van der Waals surface area (Å²) in [6.07, 6.45) is 6.70. The van der Waals surface area contributed by atoms with E-state index in [9.17, 15) is 5.26 Å². The molecule has 0 amide bonds. The molecule has 0 aromatic rings. The highest BCUT2D eigenvalue weighted by molar-refractivity contribution is 4.98. The van der Waals surface area contributed by atoms with Crippen LogP contribution in [0, 0.1) is 29.1 Å². The van der Waals surface area contributed by atoms with Crippen LogP contribution in [0.5, 0.6) is 0 Å². The summed E-state index contributed by atoms with van der Waals surface area (Å²) in [5.74, 6) is 1.74. The van der Waals surface area contributed by atoms with E-state index in [0.29, 0.717) is 17.8 Å². The third-order valence-electron chi connectivity index (χ3n) is 3.91. The maximum atomic E-state index is 9.23. The second kappa shape index (κ2) is 4.31. The minimum absolute atomic E-state index is 0.353. The number of likely N-dealkylation sites (tertiary alicyclic amines) is 1. The van der Waals surface area contributed by atoms with E-state index in [4.69, 9.17) is 0 Å². The molecular weight excluding hydrogens is 172 g/mol. The van der Waals surface area contributed by atoms with E-state index < -0.39 is 0 Å². The fraction of sp³-hybridized carbons (Fsp3) is 0.917. The first kappa shape index (κ1) is 9.98. The summed E-state index contributed by atoms with van der Waals surface area (Å²) in [6.45, 7) is 2.30. The van der Waals surface area contributed by atoms with Gasteiger partial charge >= 0.3 is 0 Å². The summed E-state index contributed by atoms with van der Waals surface area (Å²) in [6, 6.07) is 2.57. The normalized spacial score (nSPS) is 28.0. The van der Waals surface area contributed by atoms with Crippen molar-refractivity contribution in [3.8, 4) is 6.07 Å². The Hall–Kier alpha value is -0.550. The Balaban J connectivity index is 1.89. The van der Waals surface area contributed by atoms with Crippen LogP contribution in [-0.2, 0) is 0 Å². The Bertz CT molecular complexity index is 219. The molecule has 2 nitrogen and oxygen atoms in total. The molecule has 14 heavy (non-hydrogen) atoms. The van der Waals surface area contributed by atoms with Crippen molar-refractivity contribution < 1.29 is 0 Å². The molecule has 78 valence electrons. The monoisotopic (exact) mass is 192 g/mol. The lowest BCUT2D eigenvalue weighted by Crippen LogP contribution is -2.48. The molecule has 0 spiro atoms. The highest BCUT2D eigenvalue weighted by Crippen LogP contribution is 2.36. The summed E-state index contributed by atoms with van der Waals surface area (Å²) in [7, 11) is 2.14. The van der Waals surface area contributed by atoms with Crippen molar-refractivity contribution in [2.75, 3.05) is 20.1 Å². The van der Waals surface area contributed by atoms with Crippen molar-refractivity contribution in [3.05, 3.63) is 0 Å². The van der Waals surface area contributed by atoms with Crippen LogP contribution < -0.4 is 0 Å². The zero-order valence-electron chi connectivity index (χ0n) is 9.08. The Morgan fingerprint density at radius 2 is 1.79 bits per heavy atom. The fourth-order valence-corrected chi connectivity index (χ4v) is 3.06. The van der Waals surface area contributed by atoms with Crippen LogP contribution in [0.3, 0.4) is 0 Å². The zero-order chi connectivity index (χ0) is 9.97. The van der Waals surface area contributed by atoms with Crippen molar-refractivity contribution in [2.45, 2.75) is 32.1 Å². The molecule has 1 atom stereocenters. The largest absolute Gasteiger partial charge is 0.306 e. The molecule has 1 heterocycles. The predicted molar refractivity (Wildman–Crippen MR) is 56.7 cm³/mol. The van der Waals surface area contributed by atoms with Crippen molar-refractivity contribution in [1.29, 1.82) is 5.26 Å². The lowest BCUT2D eigenvalue weighted by Gasteiger charge is -2.42. The minimum atomic E-state index is 0.353. The van der Waals surface area contributed by atoms with Crippen LogP contribution in [0.25, 0.3) is 0 Å². The summed E-state index contributed by atoms with van der Waals surface area (Å²) < 4.78 is 0. The quantitative estimate of drug-likeness (QED) is 0.671. The molecular formula is C12H20N2. The maximum Gasteiger partial charge on any atom is 0.0662 e. The van der Waals surface area contributed by atoms with Crippen LogP contribution in [0.4, 0.5) is 0 Å². The average molecular weight is 192 g/mol. The van der Waals surface area contributed by atoms with E-state index in [0.717, 1.165) is 13.1 Å². The lowest BCUT2D eigenvalue weighted by molar-refractivity contribution is 0.0694. The molecule has 0 bridgehead atoms. The summed E-state index contributed by atoms with van der Waals surface area (Å²) in [5.41, 5.74) is 0. The molecule has 1 unspecified atom stereocenters. The zero-order valence-corrected chi connectivity index (χ0v) is 9.08. The molecule has 2 rings (SSSR count). The second-order valence-corrected chi connectivity index (χ2v) is 5.03. The highest BCUT2D eigenvalue weighted by atomic mass is 15.2. The van der Waals surface area contributed by atoms with Crippen LogP contribution in [-0.4, -0.2) is 25.0 Å². The number of hydrogen-bond donors (Lipinski definition) is 0. The number of hydrogen-bond acceptors (Lipinski definition) is 2. The molecule has 0 aromatic carbocycles. The number of rotatable bonds is 2. The molecule has 1 saturated carbocycles. The lowest BCUT2D eigenvalue weighted by atomic mass is 9.72. The first-order valence-corrected chi connectivity index (χ1v) is 5.89. The molecule has 0 N–H and O–H groups in total. The van der Waals surface area contributed by atoms with E-state index in [2.05, 4.69) is 18.0 Å². The maximum absolute atomic E-state index is 9.23. The average Bonchev–Trinajstić information content (AvgIpc) is 2.18. The highest BCUT2D eigenvalue weighted by Gasteiger charge is 2.36. The van der Waals surface area contributed by atoms with Crippen LogP contribution >= 0.6 is 0 Å². The van der Waals surface area contributed by atoms with Crippen LogP contribution in [0.2, 0.25) is 0 Å². The Labute approximate surface area is 86.9 Å². The fourth-order valence-electron chi connectivity index (χ4n) is 3.06. The standard InChI is InChI=1S/C12H20N2/c1-14-8-11(9-14)12(7-13)10-5-3-2-4-6-10/h10-12H,2-6,8-9H2,1H3. The van der Waals surface area contributed by atoms with E-state index in [1.165, 1.54) is 32.1 Å². The topological polar surface area (TPSA) is 27.0 Å². The van der Waals surface area contributed by atoms with Crippen LogP contribution in [0.15, 0.2) is 0 Å². The second-order valence-electron chi connectivity index (χ2n) is 5.03. The van der Waals surface area contributed by atoms with Gasteiger partial charge in [-0.15, -0.1) is 0 Å². The SMILES string of the molecule is CN1CC(C(C#N)C2CCCCC2)C1. The molecule has 2 fully saturated rings. The van der Waals surface area contributed by atoms with Crippen molar-refractivity contribution in [2.24, 2.45) is 17.8 Å². The van der Waals surface area contributed by atoms with Crippen LogP contribution in [0.1, 0.15) is 32.1 Å². The van der Waals surface area contributed by atoms with Gasteiger partial charge in [0.1, 0.15) is 0 Å². The number of nitriles is 1. The molecule has 0 radical (unpaired) electrons. The molecule has 0 aromatic heterocycles. The van der Waals surface area contributed by atoms with Gasteiger partial charge in [0.25, 0.3) is 0 Å². The smallest absolute Gasteiger partial charge is 0.0662 e. The van der Waals surface area contributed by atoms with Gasteiger partial charge in [-0.25, -0.2) is 0 Å². The summed E-state index contributed by atoms with van der Waals surface area (Å²) in [4.78, 5) is 2.32. The molecule has 1 aliphatic heterocycles. The summed E-state index contributed by atoms with van der Waals surface area (Å²) >= 11 is 0. The predicted octanol–water partition coefficient (Wildman–Crippen LogP) is 2.27. The van der Waals surface area contributed by atoms with E-state index in [1.807, 2.05) is 0 Å². The van der Waals surface area contributed by atoms with Gasteiger partial charge in [-0.3, -0.25) is 0 Å². The van der Waals surface area contributed by atoms with E-state index in [1.54, 1.807) is 0 Å². The van der Waals surface area contributed by atoms with E-state index in [-0.39, 0.29) is 0 Å². The molecule has 1 aliphatic carbocycles. The third-order valence-corrected chi connectivity index (χ3v) is 3.91. The van der Waals surface area contributed by atoms with Gasteiger partial charge in [-0.2, -0.15) is 5.26 Å². The molecule has 2 aliphatic rings. The van der Waals surface area contributed by atoms with Gasteiger partial charge in [0.15, 0.2) is 0 Å². The van der Waals surface area contributed by atoms with Crippen molar-refractivity contribution in [3.63, 3.8) is 0 Å². The Morgan fingerprint density at radius 3 is 2.29 bits per heavy atom. The minimum Gasteiger partial charge on any atom is -0.306 e. The Morgan fingerprint density at radius 1 is 1.14 bits per heavy atom. The van der Waals surface area contributed by atoms with Crippen molar-refractivity contribution >= 4 is 0 Å².